The molecule has 0 bridgehead atoms. The second kappa shape index (κ2) is 5.88. The molecule has 0 radical (unpaired) electrons. The summed E-state index contributed by atoms with van der Waals surface area (Å²) in [4.78, 5) is 7.85. The summed E-state index contributed by atoms with van der Waals surface area (Å²) in [6, 6.07) is 5.75. The van der Waals surface area contributed by atoms with Gasteiger partial charge in [0.1, 0.15) is 18.0 Å². The van der Waals surface area contributed by atoms with Gasteiger partial charge in [0.15, 0.2) is 0 Å². The zero-order chi connectivity index (χ0) is 13.0. The summed E-state index contributed by atoms with van der Waals surface area (Å²) in [6.07, 6.45) is 2.95. The Hall–Kier alpha value is -1.53. The van der Waals surface area contributed by atoms with Gasteiger partial charge in [0.05, 0.1) is 17.1 Å². The van der Waals surface area contributed by atoms with Crippen LogP contribution in [0.15, 0.2) is 41.3 Å². The van der Waals surface area contributed by atoms with E-state index < -0.39 is 6.04 Å². The molecule has 0 saturated carbocycles. The van der Waals surface area contributed by atoms with E-state index in [1.165, 1.54) is 12.4 Å². The zero-order valence-corrected chi connectivity index (χ0v) is 10.9. The fraction of sp³-hybridized carbons (Fsp3) is 0.167. The Morgan fingerprint density at radius 1 is 1.39 bits per heavy atom. The van der Waals surface area contributed by atoms with Crippen LogP contribution in [0.25, 0.3) is 0 Å². The highest BCUT2D eigenvalue weighted by Gasteiger charge is 2.15. The molecule has 0 aliphatic heterocycles. The lowest BCUT2D eigenvalue weighted by Crippen LogP contribution is -2.17. The summed E-state index contributed by atoms with van der Waals surface area (Å²) in [6.45, 7) is -0.239. The van der Waals surface area contributed by atoms with Gasteiger partial charge in [-0.1, -0.05) is 18.2 Å². The molecule has 2 N–H and O–H groups in total. The predicted octanol–water partition coefficient (Wildman–Crippen LogP) is 2.52. The molecule has 1 aromatic carbocycles. The Labute approximate surface area is 112 Å². The molecule has 0 saturated heterocycles. The lowest BCUT2D eigenvalue weighted by molar-refractivity contribution is 0.273. The molecule has 2 rings (SSSR count). The van der Waals surface area contributed by atoms with E-state index in [-0.39, 0.29) is 12.4 Å². The summed E-state index contributed by atoms with van der Waals surface area (Å²) in [5, 5.41) is 12.3. The van der Waals surface area contributed by atoms with Gasteiger partial charge in [0.2, 0.25) is 0 Å². The first-order chi connectivity index (χ1) is 8.72. The van der Waals surface area contributed by atoms with Crippen LogP contribution in [0.5, 0.6) is 0 Å². The quantitative estimate of drug-likeness (QED) is 0.911. The predicted molar refractivity (Wildman–Crippen MR) is 69.6 cm³/mol. The highest BCUT2D eigenvalue weighted by molar-refractivity contribution is 9.10. The number of aromatic nitrogens is 2. The SMILES string of the molecule is OC[C@H](Nc1ncncc1Br)c1ccccc1F. The van der Waals surface area contributed by atoms with Gasteiger partial charge >= 0.3 is 0 Å². The minimum absolute atomic E-state index is 0.239. The van der Waals surface area contributed by atoms with Crippen molar-refractivity contribution in [3.05, 3.63) is 52.6 Å². The van der Waals surface area contributed by atoms with Crippen molar-refractivity contribution in [1.82, 2.24) is 9.97 Å². The maximum atomic E-state index is 13.6. The van der Waals surface area contributed by atoms with E-state index in [4.69, 9.17) is 0 Å². The topological polar surface area (TPSA) is 58.0 Å². The molecule has 4 nitrogen and oxygen atoms in total. The molecular weight excluding hydrogens is 301 g/mol. The Morgan fingerprint density at radius 2 is 2.17 bits per heavy atom. The smallest absolute Gasteiger partial charge is 0.144 e. The summed E-state index contributed by atoms with van der Waals surface area (Å²) in [5.74, 6) is 0.140. The monoisotopic (exact) mass is 311 g/mol. The van der Waals surface area contributed by atoms with Crippen LogP contribution in [0, 0.1) is 5.82 Å². The molecule has 0 aliphatic carbocycles. The van der Waals surface area contributed by atoms with Crippen LogP contribution in [0.2, 0.25) is 0 Å². The lowest BCUT2D eigenvalue weighted by Gasteiger charge is -2.18. The van der Waals surface area contributed by atoms with E-state index >= 15 is 0 Å². The first kappa shape index (κ1) is 12.9. The number of hydrogen-bond acceptors (Lipinski definition) is 4. The fourth-order valence-corrected chi connectivity index (χ4v) is 1.90. The molecule has 0 aliphatic rings. The largest absolute Gasteiger partial charge is 0.394 e. The van der Waals surface area contributed by atoms with Crippen molar-refractivity contribution in [2.45, 2.75) is 6.04 Å². The van der Waals surface area contributed by atoms with Gasteiger partial charge in [-0.3, -0.25) is 0 Å². The van der Waals surface area contributed by atoms with E-state index in [2.05, 4.69) is 31.2 Å². The Balaban J connectivity index is 2.26. The van der Waals surface area contributed by atoms with E-state index in [1.54, 1.807) is 24.4 Å². The highest BCUT2D eigenvalue weighted by atomic mass is 79.9. The zero-order valence-electron chi connectivity index (χ0n) is 9.35. The molecule has 6 heteroatoms. The summed E-state index contributed by atoms with van der Waals surface area (Å²) >= 11 is 3.28. The minimum atomic E-state index is -0.558. The average molecular weight is 312 g/mol. The van der Waals surface area contributed by atoms with Crippen LogP contribution in [0.1, 0.15) is 11.6 Å². The van der Waals surface area contributed by atoms with Crippen molar-refractivity contribution in [3.63, 3.8) is 0 Å². The van der Waals surface area contributed by atoms with Crippen LogP contribution in [-0.2, 0) is 0 Å². The van der Waals surface area contributed by atoms with Crippen molar-refractivity contribution in [3.8, 4) is 0 Å². The van der Waals surface area contributed by atoms with Gasteiger partial charge in [-0.15, -0.1) is 0 Å². The molecule has 0 fully saturated rings. The molecule has 1 atom stereocenters. The van der Waals surface area contributed by atoms with Crippen molar-refractivity contribution in [2.75, 3.05) is 11.9 Å². The first-order valence-electron chi connectivity index (χ1n) is 5.29. The third-order valence-corrected chi connectivity index (χ3v) is 3.02. The van der Waals surface area contributed by atoms with Crippen molar-refractivity contribution in [2.24, 2.45) is 0 Å². The number of rotatable bonds is 4. The van der Waals surface area contributed by atoms with Crippen LogP contribution in [0.3, 0.4) is 0 Å². The third-order valence-electron chi connectivity index (χ3n) is 2.44. The van der Waals surface area contributed by atoms with Crippen molar-refractivity contribution >= 4 is 21.7 Å². The molecule has 94 valence electrons. The number of benzene rings is 1. The molecule has 1 heterocycles. The van der Waals surface area contributed by atoms with Gasteiger partial charge in [0, 0.05) is 11.8 Å². The fourth-order valence-electron chi connectivity index (χ4n) is 1.56. The second-order valence-electron chi connectivity index (χ2n) is 3.62. The summed E-state index contributed by atoms with van der Waals surface area (Å²) in [5.41, 5.74) is 0.394. The molecular formula is C12H11BrFN3O. The van der Waals surface area contributed by atoms with E-state index in [9.17, 15) is 9.50 Å². The van der Waals surface area contributed by atoms with Gasteiger partial charge in [-0.25, -0.2) is 14.4 Å². The molecule has 18 heavy (non-hydrogen) atoms. The first-order valence-corrected chi connectivity index (χ1v) is 6.09. The molecule has 0 unspecified atom stereocenters. The van der Waals surface area contributed by atoms with E-state index in [0.717, 1.165) is 0 Å². The maximum Gasteiger partial charge on any atom is 0.144 e. The number of nitrogens with one attached hydrogen (secondary N) is 1. The second-order valence-corrected chi connectivity index (χ2v) is 4.47. The van der Waals surface area contributed by atoms with Crippen LogP contribution >= 0.6 is 15.9 Å². The van der Waals surface area contributed by atoms with Gasteiger partial charge in [-0.05, 0) is 22.0 Å². The number of nitrogens with zero attached hydrogens (tertiary/aromatic N) is 2. The lowest BCUT2D eigenvalue weighted by atomic mass is 10.1. The summed E-state index contributed by atoms with van der Waals surface area (Å²) < 4.78 is 14.3. The Morgan fingerprint density at radius 3 is 2.83 bits per heavy atom. The molecule has 1 aromatic heterocycles. The van der Waals surface area contributed by atoms with Crippen LogP contribution in [0.4, 0.5) is 10.2 Å². The number of aliphatic hydroxyl groups excluding tert-OH is 1. The number of halogens is 2. The normalized spacial score (nSPS) is 12.2. The maximum absolute atomic E-state index is 13.6. The van der Waals surface area contributed by atoms with Gasteiger partial charge < -0.3 is 10.4 Å². The van der Waals surface area contributed by atoms with E-state index in [1.807, 2.05) is 0 Å². The average Bonchev–Trinajstić information content (AvgIpc) is 2.39. The Kier molecular flexibility index (Phi) is 4.22. The van der Waals surface area contributed by atoms with Crippen LogP contribution in [-0.4, -0.2) is 21.7 Å². The Bertz CT molecular complexity index is 538. The van der Waals surface area contributed by atoms with Gasteiger partial charge in [0.25, 0.3) is 0 Å². The minimum Gasteiger partial charge on any atom is -0.394 e. The van der Waals surface area contributed by atoms with Crippen LogP contribution < -0.4 is 5.32 Å². The third kappa shape index (κ3) is 2.83. The number of hydrogen-bond donors (Lipinski definition) is 2. The molecule has 2 aromatic rings. The highest BCUT2D eigenvalue weighted by Crippen LogP contribution is 2.24. The summed E-state index contributed by atoms with van der Waals surface area (Å²) in [7, 11) is 0. The van der Waals surface area contributed by atoms with Crippen molar-refractivity contribution < 1.29 is 9.50 Å². The number of aliphatic hydroxyl groups is 1. The van der Waals surface area contributed by atoms with E-state index in [0.29, 0.717) is 15.9 Å². The standard InChI is InChI=1S/C12H11BrFN3O/c13-9-5-15-7-16-12(9)17-11(6-18)8-3-1-2-4-10(8)14/h1-5,7,11,18H,6H2,(H,15,16,17)/t11-/m0/s1. The van der Waals surface area contributed by atoms with Crippen molar-refractivity contribution in [1.29, 1.82) is 0 Å². The molecule has 0 spiro atoms. The van der Waals surface area contributed by atoms with Gasteiger partial charge in [-0.2, -0.15) is 0 Å². The number of anilines is 1. The molecule has 0 amide bonds.